The highest BCUT2D eigenvalue weighted by Crippen LogP contribution is 2.27. The van der Waals surface area contributed by atoms with E-state index in [1.54, 1.807) is 6.07 Å². The van der Waals surface area contributed by atoms with Crippen LogP contribution in [0.2, 0.25) is 0 Å². The Morgan fingerprint density at radius 1 is 1.18 bits per heavy atom. The number of amides is 1. The molecule has 0 bridgehead atoms. The molecular formula is C19H27NO7S. The molecule has 28 heavy (non-hydrogen) atoms. The molecule has 1 amide bonds. The monoisotopic (exact) mass is 413 g/mol. The summed E-state index contributed by atoms with van der Waals surface area (Å²) in [6, 6.07) is 4.19. The van der Waals surface area contributed by atoms with Crippen LogP contribution in [0.15, 0.2) is 18.2 Å². The molecule has 0 unspecified atom stereocenters. The maximum Gasteiger partial charge on any atom is 0.338 e. The highest BCUT2D eigenvalue weighted by Gasteiger charge is 2.35. The van der Waals surface area contributed by atoms with Crippen LogP contribution in [-0.2, 0) is 19.4 Å². The highest BCUT2D eigenvalue weighted by atomic mass is 32.2. The first kappa shape index (κ1) is 22.0. The molecule has 0 aromatic heterocycles. The van der Waals surface area contributed by atoms with Gasteiger partial charge >= 0.3 is 5.97 Å². The van der Waals surface area contributed by atoms with E-state index < -0.39 is 28.3 Å². The number of hydrogen-bond acceptors (Lipinski definition) is 7. The number of esters is 1. The molecule has 1 saturated heterocycles. The zero-order valence-electron chi connectivity index (χ0n) is 16.6. The molecule has 1 heterocycles. The van der Waals surface area contributed by atoms with E-state index >= 15 is 0 Å². The Labute approximate surface area is 165 Å². The third-order valence-corrected chi connectivity index (χ3v) is 6.23. The molecule has 8 nitrogen and oxygen atoms in total. The van der Waals surface area contributed by atoms with Gasteiger partial charge in [0.15, 0.2) is 27.9 Å². The average Bonchev–Trinajstić information content (AvgIpc) is 3.02. The van der Waals surface area contributed by atoms with Crippen molar-refractivity contribution in [3.63, 3.8) is 0 Å². The normalized spacial score (nSPS) is 18.0. The standard InChI is InChI=1S/C19H27NO7S/c1-13(2)10-20(15-7-8-28(23,24)12-15)18(21)11-27-19(22)14-5-6-16(25-3)17(9-14)26-4/h5-6,9,13,15H,7-8,10-12H2,1-4H3/t15-/m0/s1. The van der Waals surface area contributed by atoms with Crippen molar-refractivity contribution in [2.45, 2.75) is 26.3 Å². The van der Waals surface area contributed by atoms with Crippen LogP contribution in [0, 0.1) is 5.92 Å². The Hall–Kier alpha value is -2.29. The molecule has 1 atom stereocenters. The number of carbonyl (C=O) groups is 2. The van der Waals surface area contributed by atoms with Crippen molar-refractivity contribution < 1.29 is 32.2 Å². The topological polar surface area (TPSA) is 99.2 Å². The summed E-state index contributed by atoms with van der Waals surface area (Å²) >= 11 is 0. The molecule has 0 saturated carbocycles. The van der Waals surface area contributed by atoms with E-state index in [4.69, 9.17) is 14.2 Å². The molecule has 0 spiro atoms. The lowest BCUT2D eigenvalue weighted by Crippen LogP contribution is -2.45. The molecule has 1 fully saturated rings. The lowest BCUT2D eigenvalue weighted by molar-refractivity contribution is -0.137. The summed E-state index contributed by atoms with van der Waals surface area (Å²) in [7, 11) is -0.184. The quantitative estimate of drug-likeness (QED) is 0.596. The van der Waals surface area contributed by atoms with Gasteiger partial charge in [0.25, 0.3) is 5.91 Å². The van der Waals surface area contributed by atoms with Gasteiger partial charge in [-0.3, -0.25) is 4.79 Å². The maximum absolute atomic E-state index is 12.6. The lowest BCUT2D eigenvalue weighted by Gasteiger charge is -2.29. The smallest absolute Gasteiger partial charge is 0.338 e. The molecule has 0 aliphatic carbocycles. The SMILES string of the molecule is COc1ccc(C(=O)OCC(=O)N(CC(C)C)[C@H]2CCS(=O)(=O)C2)cc1OC. The number of hydrogen-bond donors (Lipinski definition) is 0. The highest BCUT2D eigenvalue weighted by molar-refractivity contribution is 7.91. The fourth-order valence-corrected chi connectivity index (χ4v) is 4.86. The molecule has 1 aliphatic heterocycles. The van der Waals surface area contributed by atoms with Gasteiger partial charge in [0.1, 0.15) is 0 Å². The summed E-state index contributed by atoms with van der Waals surface area (Å²) in [4.78, 5) is 26.5. The van der Waals surface area contributed by atoms with Crippen molar-refractivity contribution in [2.24, 2.45) is 5.92 Å². The second-order valence-electron chi connectivity index (χ2n) is 7.14. The molecule has 1 aliphatic rings. The lowest BCUT2D eigenvalue weighted by atomic mass is 10.1. The van der Waals surface area contributed by atoms with Crippen molar-refractivity contribution in [2.75, 3.05) is 38.9 Å². The van der Waals surface area contributed by atoms with E-state index in [0.717, 1.165) is 0 Å². The molecule has 9 heteroatoms. The molecule has 2 rings (SSSR count). The summed E-state index contributed by atoms with van der Waals surface area (Å²) in [5.41, 5.74) is 0.226. The van der Waals surface area contributed by atoms with Gasteiger partial charge in [0.2, 0.25) is 0 Å². The Kier molecular flexibility index (Phi) is 7.29. The Balaban J connectivity index is 2.04. The van der Waals surface area contributed by atoms with Gasteiger partial charge < -0.3 is 19.1 Å². The van der Waals surface area contributed by atoms with Gasteiger partial charge in [-0.15, -0.1) is 0 Å². The van der Waals surface area contributed by atoms with E-state index in [1.807, 2.05) is 13.8 Å². The fraction of sp³-hybridized carbons (Fsp3) is 0.579. The van der Waals surface area contributed by atoms with Crippen molar-refractivity contribution in [1.82, 2.24) is 4.90 Å². The van der Waals surface area contributed by atoms with E-state index in [0.29, 0.717) is 24.5 Å². The molecule has 0 N–H and O–H groups in total. The van der Waals surface area contributed by atoms with Crippen molar-refractivity contribution >= 4 is 21.7 Å². The molecule has 0 radical (unpaired) electrons. The van der Waals surface area contributed by atoms with Crippen LogP contribution in [0.4, 0.5) is 0 Å². The summed E-state index contributed by atoms with van der Waals surface area (Å²) in [5.74, 6) is -0.0297. The van der Waals surface area contributed by atoms with Crippen molar-refractivity contribution in [1.29, 1.82) is 0 Å². The van der Waals surface area contributed by atoms with E-state index in [2.05, 4.69) is 0 Å². The number of carbonyl (C=O) groups excluding carboxylic acids is 2. The third-order valence-electron chi connectivity index (χ3n) is 4.48. The van der Waals surface area contributed by atoms with Gasteiger partial charge in [-0.2, -0.15) is 0 Å². The van der Waals surface area contributed by atoms with Gasteiger partial charge in [-0.05, 0) is 30.5 Å². The minimum absolute atomic E-state index is 0.0465. The predicted molar refractivity (Wildman–Crippen MR) is 103 cm³/mol. The minimum Gasteiger partial charge on any atom is -0.493 e. The molecule has 1 aromatic carbocycles. The Morgan fingerprint density at radius 2 is 1.86 bits per heavy atom. The first-order chi connectivity index (χ1) is 13.2. The molecular weight excluding hydrogens is 386 g/mol. The number of rotatable bonds is 8. The van der Waals surface area contributed by atoms with Crippen LogP contribution in [0.3, 0.4) is 0 Å². The van der Waals surface area contributed by atoms with Gasteiger partial charge in [-0.25, -0.2) is 13.2 Å². The van der Waals surface area contributed by atoms with Crippen LogP contribution in [0.1, 0.15) is 30.6 Å². The van der Waals surface area contributed by atoms with Crippen molar-refractivity contribution in [3.05, 3.63) is 23.8 Å². The van der Waals surface area contributed by atoms with Gasteiger partial charge in [0, 0.05) is 12.6 Å². The van der Waals surface area contributed by atoms with Crippen molar-refractivity contribution in [3.8, 4) is 11.5 Å². The van der Waals surface area contributed by atoms with Crippen LogP contribution in [0.5, 0.6) is 11.5 Å². The van der Waals surface area contributed by atoms with Gasteiger partial charge in [-0.1, -0.05) is 13.8 Å². The predicted octanol–water partition coefficient (Wildman–Crippen LogP) is 1.53. The second kappa shape index (κ2) is 9.27. The summed E-state index contributed by atoms with van der Waals surface area (Å²) in [6.45, 7) is 3.85. The molecule has 156 valence electrons. The summed E-state index contributed by atoms with van der Waals surface area (Å²) in [5, 5.41) is 0. The summed E-state index contributed by atoms with van der Waals surface area (Å²) < 4.78 is 39.0. The van der Waals surface area contributed by atoms with E-state index in [9.17, 15) is 18.0 Å². The van der Waals surface area contributed by atoms with E-state index in [-0.39, 0.29) is 29.0 Å². The van der Waals surface area contributed by atoms with Crippen LogP contribution < -0.4 is 9.47 Å². The number of sulfone groups is 1. The number of nitrogens with zero attached hydrogens (tertiary/aromatic N) is 1. The minimum atomic E-state index is -3.13. The number of ether oxygens (including phenoxy) is 3. The number of benzene rings is 1. The summed E-state index contributed by atoms with van der Waals surface area (Å²) in [6.07, 6.45) is 0.407. The largest absolute Gasteiger partial charge is 0.493 e. The Morgan fingerprint density at radius 3 is 2.39 bits per heavy atom. The van der Waals surface area contributed by atoms with Gasteiger partial charge in [0.05, 0.1) is 31.3 Å². The van der Waals surface area contributed by atoms with Crippen LogP contribution in [0.25, 0.3) is 0 Å². The Bertz CT molecular complexity index is 820. The van der Waals surface area contributed by atoms with Crippen LogP contribution >= 0.6 is 0 Å². The maximum atomic E-state index is 12.6. The molecule has 1 aromatic rings. The van der Waals surface area contributed by atoms with E-state index in [1.165, 1.54) is 31.3 Å². The first-order valence-corrected chi connectivity index (χ1v) is 10.9. The zero-order chi connectivity index (χ0) is 20.9. The second-order valence-corrected chi connectivity index (χ2v) is 9.37. The average molecular weight is 413 g/mol. The first-order valence-electron chi connectivity index (χ1n) is 9.06. The fourth-order valence-electron chi connectivity index (χ4n) is 3.13. The number of methoxy groups -OCH3 is 2. The third kappa shape index (κ3) is 5.60. The zero-order valence-corrected chi connectivity index (χ0v) is 17.5. The van der Waals surface area contributed by atoms with Crippen LogP contribution in [-0.4, -0.2) is 70.1 Å².